The number of aliphatic hydroxyl groups is 1. The second kappa shape index (κ2) is 6.08. The Morgan fingerprint density at radius 2 is 2.00 bits per heavy atom. The highest BCUT2D eigenvalue weighted by molar-refractivity contribution is 7.86. The van der Waals surface area contributed by atoms with E-state index >= 15 is 0 Å². The maximum absolute atomic E-state index is 12.8. The zero-order valence-electron chi connectivity index (χ0n) is 12.0. The van der Waals surface area contributed by atoms with Gasteiger partial charge in [-0.05, 0) is 43.7 Å². The van der Waals surface area contributed by atoms with Crippen LogP contribution in [0.25, 0.3) is 0 Å². The van der Waals surface area contributed by atoms with Gasteiger partial charge in [-0.3, -0.25) is 0 Å². The van der Waals surface area contributed by atoms with Crippen LogP contribution in [0.3, 0.4) is 0 Å². The van der Waals surface area contributed by atoms with Crippen LogP contribution in [0.15, 0.2) is 22.8 Å². The van der Waals surface area contributed by atoms with Crippen LogP contribution >= 0.6 is 0 Å². The fourth-order valence-corrected chi connectivity index (χ4v) is 4.64. The Morgan fingerprint density at radius 3 is 2.52 bits per heavy atom. The van der Waals surface area contributed by atoms with Gasteiger partial charge in [-0.25, -0.2) is 0 Å². The van der Waals surface area contributed by atoms with Crippen LogP contribution < -0.4 is 0 Å². The lowest BCUT2D eigenvalue weighted by Gasteiger charge is -2.34. The fraction of sp³-hybridized carbons (Fsp3) is 0.714. The molecule has 1 aromatic heterocycles. The Bertz CT molecular complexity index is 546. The average Bonchev–Trinajstić information content (AvgIpc) is 3.20. The molecule has 0 unspecified atom stereocenters. The highest BCUT2D eigenvalue weighted by atomic mass is 32.2. The van der Waals surface area contributed by atoms with Crippen LogP contribution in [0, 0.1) is 5.92 Å². The summed E-state index contributed by atoms with van der Waals surface area (Å²) < 4.78 is 34.1. The molecular weight excluding hydrogens is 292 g/mol. The molecule has 1 aliphatic carbocycles. The lowest BCUT2D eigenvalue weighted by molar-refractivity contribution is 0.165. The van der Waals surface area contributed by atoms with Gasteiger partial charge in [0.15, 0.2) is 0 Å². The number of furan rings is 1. The number of hydrogen-bond donors (Lipinski definition) is 1. The van der Waals surface area contributed by atoms with Gasteiger partial charge in [0.1, 0.15) is 5.76 Å². The van der Waals surface area contributed by atoms with Crippen molar-refractivity contribution < 1.29 is 17.9 Å². The van der Waals surface area contributed by atoms with Crippen LogP contribution in [-0.4, -0.2) is 47.9 Å². The summed E-state index contributed by atoms with van der Waals surface area (Å²) in [5, 5.41) is 9.17. The maximum Gasteiger partial charge on any atom is 0.282 e. The molecule has 21 heavy (non-hydrogen) atoms. The Balaban J connectivity index is 1.72. The summed E-state index contributed by atoms with van der Waals surface area (Å²) in [5.74, 6) is 0.909. The highest BCUT2D eigenvalue weighted by Gasteiger charge is 2.41. The van der Waals surface area contributed by atoms with Gasteiger partial charge in [0.05, 0.1) is 12.8 Å². The minimum Gasteiger partial charge on any atom is -0.468 e. The summed E-state index contributed by atoms with van der Waals surface area (Å²) in [6.45, 7) is 1.44. The second-order valence-corrected chi connectivity index (χ2v) is 7.77. The van der Waals surface area contributed by atoms with E-state index in [2.05, 4.69) is 0 Å². The molecule has 0 spiro atoms. The molecule has 7 heteroatoms. The summed E-state index contributed by atoms with van der Waals surface area (Å²) in [6.07, 6.45) is 4.88. The Hall–Kier alpha value is -0.890. The first-order valence-electron chi connectivity index (χ1n) is 7.51. The average molecular weight is 314 g/mol. The predicted molar refractivity (Wildman–Crippen MR) is 77.6 cm³/mol. The molecule has 0 atom stereocenters. The van der Waals surface area contributed by atoms with Gasteiger partial charge in [0.25, 0.3) is 10.2 Å². The molecule has 1 saturated heterocycles. The van der Waals surface area contributed by atoms with Gasteiger partial charge in [-0.2, -0.15) is 17.0 Å². The largest absolute Gasteiger partial charge is 0.468 e. The maximum atomic E-state index is 12.8. The van der Waals surface area contributed by atoms with Crippen LogP contribution in [0.4, 0.5) is 0 Å². The normalized spacial score (nSPS) is 22.0. The van der Waals surface area contributed by atoms with E-state index in [1.165, 1.54) is 0 Å². The van der Waals surface area contributed by atoms with Crippen molar-refractivity contribution in [3.05, 3.63) is 24.2 Å². The molecule has 1 aliphatic heterocycles. The third-order valence-electron chi connectivity index (χ3n) is 4.30. The quantitative estimate of drug-likeness (QED) is 0.856. The third kappa shape index (κ3) is 3.31. The smallest absolute Gasteiger partial charge is 0.282 e. The number of nitrogens with zero attached hydrogens (tertiary/aromatic N) is 2. The molecule has 2 heterocycles. The molecular formula is C14H22N2O4S. The van der Waals surface area contributed by atoms with Crippen LogP contribution in [-0.2, 0) is 16.8 Å². The number of piperidine rings is 1. The number of rotatable bonds is 6. The van der Waals surface area contributed by atoms with Crippen LogP contribution in [0.1, 0.15) is 31.4 Å². The van der Waals surface area contributed by atoms with E-state index in [4.69, 9.17) is 9.52 Å². The zero-order chi connectivity index (χ0) is 14.9. The van der Waals surface area contributed by atoms with E-state index in [-0.39, 0.29) is 18.6 Å². The minimum atomic E-state index is -3.44. The summed E-state index contributed by atoms with van der Waals surface area (Å²) in [6, 6.07) is 3.69. The first kappa shape index (κ1) is 15.0. The molecule has 6 nitrogen and oxygen atoms in total. The lowest BCUT2D eigenvalue weighted by atomic mass is 10.00. The van der Waals surface area contributed by atoms with Crippen LogP contribution in [0.2, 0.25) is 0 Å². The second-order valence-electron chi connectivity index (χ2n) is 5.89. The van der Waals surface area contributed by atoms with E-state index in [1.54, 1.807) is 20.9 Å². The summed E-state index contributed by atoms with van der Waals surface area (Å²) in [5.41, 5.74) is 0. The first-order chi connectivity index (χ1) is 10.1. The van der Waals surface area contributed by atoms with E-state index in [0.717, 1.165) is 25.7 Å². The summed E-state index contributed by atoms with van der Waals surface area (Å²) in [4.78, 5) is 0. The van der Waals surface area contributed by atoms with Gasteiger partial charge in [0.2, 0.25) is 0 Å². The third-order valence-corrected chi connectivity index (χ3v) is 6.34. The molecule has 118 valence electrons. The van der Waals surface area contributed by atoms with Crippen molar-refractivity contribution in [2.24, 2.45) is 5.92 Å². The van der Waals surface area contributed by atoms with Gasteiger partial charge in [-0.15, -0.1) is 0 Å². The van der Waals surface area contributed by atoms with Crippen molar-refractivity contribution >= 4 is 10.2 Å². The number of aliphatic hydroxyl groups excluding tert-OH is 1. The molecule has 1 aromatic rings. The highest BCUT2D eigenvalue weighted by Crippen LogP contribution is 2.33. The topological polar surface area (TPSA) is 74.0 Å². The Morgan fingerprint density at radius 1 is 1.29 bits per heavy atom. The van der Waals surface area contributed by atoms with E-state index in [0.29, 0.717) is 25.4 Å². The van der Waals surface area contributed by atoms with Crippen molar-refractivity contribution in [1.82, 2.24) is 8.61 Å². The van der Waals surface area contributed by atoms with E-state index < -0.39 is 10.2 Å². The molecule has 1 N–H and O–H groups in total. The van der Waals surface area contributed by atoms with Crippen LogP contribution in [0.5, 0.6) is 0 Å². The zero-order valence-corrected chi connectivity index (χ0v) is 12.8. The molecule has 2 fully saturated rings. The SMILES string of the molecule is O=S(=O)(N1CCC(CO)CC1)N(Cc1ccco1)C1CC1. The van der Waals surface area contributed by atoms with Crippen molar-refractivity contribution in [2.75, 3.05) is 19.7 Å². The fourth-order valence-electron chi connectivity index (χ4n) is 2.79. The summed E-state index contributed by atoms with van der Waals surface area (Å²) >= 11 is 0. The molecule has 2 aliphatic rings. The van der Waals surface area contributed by atoms with E-state index in [9.17, 15) is 8.42 Å². The van der Waals surface area contributed by atoms with Gasteiger partial charge < -0.3 is 9.52 Å². The predicted octanol–water partition coefficient (Wildman–Crippen LogP) is 1.19. The van der Waals surface area contributed by atoms with Gasteiger partial charge in [0, 0.05) is 25.7 Å². The number of hydrogen-bond acceptors (Lipinski definition) is 4. The molecule has 1 saturated carbocycles. The summed E-state index contributed by atoms with van der Waals surface area (Å²) in [7, 11) is -3.44. The van der Waals surface area contributed by atoms with Crippen molar-refractivity contribution in [3.8, 4) is 0 Å². The van der Waals surface area contributed by atoms with Crippen molar-refractivity contribution in [3.63, 3.8) is 0 Å². The Labute approximate surface area is 125 Å². The molecule has 0 amide bonds. The molecule has 0 radical (unpaired) electrons. The lowest BCUT2D eigenvalue weighted by Crippen LogP contribution is -2.48. The first-order valence-corrected chi connectivity index (χ1v) is 8.91. The van der Waals surface area contributed by atoms with E-state index in [1.807, 2.05) is 6.07 Å². The van der Waals surface area contributed by atoms with Gasteiger partial charge >= 0.3 is 0 Å². The Kier molecular flexibility index (Phi) is 4.35. The monoisotopic (exact) mass is 314 g/mol. The van der Waals surface area contributed by atoms with Crippen molar-refractivity contribution in [1.29, 1.82) is 0 Å². The standard InChI is InChI=1S/C14H22N2O4S/c17-11-12-5-7-15(8-6-12)21(18,19)16(13-3-4-13)10-14-2-1-9-20-14/h1-2,9,12-13,17H,3-8,10-11H2. The molecule has 0 aromatic carbocycles. The molecule has 3 rings (SSSR count). The van der Waals surface area contributed by atoms with Gasteiger partial charge in [-0.1, -0.05) is 0 Å². The molecule has 0 bridgehead atoms. The van der Waals surface area contributed by atoms with Crippen molar-refractivity contribution in [2.45, 2.75) is 38.3 Å². The minimum absolute atomic E-state index is 0.107.